The molecular formula is C16H21N3O2. The average molecular weight is 287 g/mol. The number of pyridine rings is 1. The van der Waals surface area contributed by atoms with Crippen molar-refractivity contribution in [3.63, 3.8) is 0 Å². The van der Waals surface area contributed by atoms with Gasteiger partial charge in [-0.05, 0) is 37.5 Å². The molecule has 2 unspecified atom stereocenters. The number of anilines is 1. The second-order valence-corrected chi connectivity index (χ2v) is 5.58. The quantitative estimate of drug-likeness (QED) is 0.632. The van der Waals surface area contributed by atoms with Gasteiger partial charge in [-0.3, -0.25) is 10.1 Å². The molecular weight excluding hydrogens is 266 g/mol. The molecule has 0 radical (unpaired) electrons. The van der Waals surface area contributed by atoms with E-state index in [0.29, 0.717) is 17.5 Å². The molecule has 0 bridgehead atoms. The van der Waals surface area contributed by atoms with E-state index >= 15 is 0 Å². The number of non-ortho nitro benzene ring substituents is 1. The zero-order valence-electron chi connectivity index (χ0n) is 12.7. The number of aromatic nitrogens is 1. The Labute approximate surface area is 124 Å². The molecule has 1 aromatic carbocycles. The fourth-order valence-corrected chi connectivity index (χ4v) is 2.53. The van der Waals surface area contributed by atoms with Gasteiger partial charge in [-0.15, -0.1) is 0 Å². The average Bonchev–Trinajstić information content (AvgIpc) is 2.47. The lowest BCUT2D eigenvalue weighted by molar-refractivity contribution is -0.383. The molecule has 1 heterocycles. The molecule has 1 aromatic heterocycles. The van der Waals surface area contributed by atoms with Gasteiger partial charge in [-0.1, -0.05) is 20.3 Å². The highest BCUT2D eigenvalue weighted by Crippen LogP contribution is 2.30. The van der Waals surface area contributed by atoms with E-state index in [4.69, 9.17) is 0 Å². The van der Waals surface area contributed by atoms with Crippen LogP contribution in [-0.4, -0.2) is 15.9 Å². The first kappa shape index (κ1) is 15.2. The summed E-state index contributed by atoms with van der Waals surface area (Å²) in [5.74, 6) is 0.648. The predicted molar refractivity (Wildman–Crippen MR) is 85.6 cm³/mol. The lowest BCUT2D eigenvalue weighted by Crippen LogP contribution is -2.18. The second kappa shape index (κ2) is 6.52. The van der Waals surface area contributed by atoms with Gasteiger partial charge < -0.3 is 5.32 Å². The van der Waals surface area contributed by atoms with Gasteiger partial charge in [-0.2, -0.15) is 0 Å². The van der Waals surface area contributed by atoms with E-state index in [0.717, 1.165) is 23.9 Å². The largest absolute Gasteiger partial charge is 0.382 e. The Balaban J connectivity index is 2.33. The molecule has 0 aliphatic rings. The number of hydrogen-bond donors (Lipinski definition) is 1. The van der Waals surface area contributed by atoms with Crippen LogP contribution in [0.3, 0.4) is 0 Å². The van der Waals surface area contributed by atoms with Crippen LogP contribution in [0.15, 0.2) is 30.5 Å². The van der Waals surface area contributed by atoms with E-state index in [-0.39, 0.29) is 10.6 Å². The molecule has 112 valence electrons. The molecule has 0 amide bonds. The Morgan fingerprint density at radius 3 is 2.76 bits per heavy atom. The summed E-state index contributed by atoms with van der Waals surface area (Å²) >= 11 is 0. The van der Waals surface area contributed by atoms with Gasteiger partial charge >= 0.3 is 0 Å². The highest BCUT2D eigenvalue weighted by Gasteiger charge is 2.16. The van der Waals surface area contributed by atoms with Crippen LogP contribution in [0.25, 0.3) is 10.9 Å². The maximum Gasteiger partial charge on any atom is 0.295 e. The van der Waals surface area contributed by atoms with Crippen LogP contribution in [0.4, 0.5) is 11.4 Å². The molecule has 0 saturated heterocycles. The topological polar surface area (TPSA) is 68.1 Å². The highest BCUT2D eigenvalue weighted by molar-refractivity contribution is 5.96. The van der Waals surface area contributed by atoms with Crippen molar-refractivity contribution in [2.45, 2.75) is 39.7 Å². The molecule has 0 fully saturated rings. The van der Waals surface area contributed by atoms with Crippen molar-refractivity contribution in [3.05, 3.63) is 40.6 Å². The zero-order valence-corrected chi connectivity index (χ0v) is 12.7. The molecule has 0 saturated carbocycles. The monoisotopic (exact) mass is 287 g/mol. The van der Waals surface area contributed by atoms with Crippen LogP contribution in [0.2, 0.25) is 0 Å². The van der Waals surface area contributed by atoms with E-state index in [9.17, 15) is 10.1 Å². The summed E-state index contributed by atoms with van der Waals surface area (Å²) in [5, 5.41) is 15.3. The predicted octanol–water partition coefficient (Wildman–Crippen LogP) is 4.38. The lowest BCUT2D eigenvalue weighted by atomic mass is 10.00. The maximum atomic E-state index is 11.1. The molecule has 5 heteroatoms. The van der Waals surface area contributed by atoms with Crippen molar-refractivity contribution in [2.24, 2.45) is 5.92 Å². The van der Waals surface area contributed by atoms with Gasteiger partial charge in [0.15, 0.2) is 0 Å². The Morgan fingerprint density at radius 1 is 1.33 bits per heavy atom. The summed E-state index contributed by atoms with van der Waals surface area (Å²) in [6, 6.07) is 7.28. The second-order valence-electron chi connectivity index (χ2n) is 5.58. The Bertz CT molecular complexity index is 642. The minimum absolute atomic E-state index is 0.0470. The first-order valence-corrected chi connectivity index (χ1v) is 7.31. The first-order valence-electron chi connectivity index (χ1n) is 7.31. The number of nitrogens with one attached hydrogen (secondary N) is 1. The number of hydrogen-bond acceptors (Lipinski definition) is 4. The number of benzene rings is 1. The third-order valence-corrected chi connectivity index (χ3v) is 3.80. The SMILES string of the molecule is CCC(C)CC(C)Nc1ccc([N+](=O)[O-])c2ncccc12. The molecule has 21 heavy (non-hydrogen) atoms. The highest BCUT2D eigenvalue weighted by atomic mass is 16.6. The summed E-state index contributed by atoms with van der Waals surface area (Å²) in [6.45, 7) is 6.55. The van der Waals surface area contributed by atoms with Crippen LogP contribution in [0.5, 0.6) is 0 Å². The third-order valence-electron chi connectivity index (χ3n) is 3.80. The van der Waals surface area contributed by atoms with Gasteiger partial charge in [0, 0.05) is 29.4 Å². The zero-order chi connectivity index (χ0) is 15.4. The molecule has 0 aliphatic carbocycles. The number of nitro benzene ring substituents is 1. The van der Waals surface area contributed by atoms with E-state index < -0.39 is 0 Å². The third kappa shape index (κ3) is 3.48. The molecule has 2 atom stereocenters. The van der Waals surface area contributed by atoms with Crippen LogP contribution in [-0.2, 0) is 0 Å². The fraction of sp³-hybridized carbons (Fsp3) is 0.438. The molecule has 0 spiro atoms. The lowest BCUT2D eigenvalue weighted by Gasteiger charge is -2.19. The van der Waals surface area contributed by atoms with Gasteiger partial charge in [-0.25, -0.2) is 4.98 Å². The first-order chi connectivity index (χ1) is 10.0. The summed E-state index contributed by atoms with van der Waals surface area (Å²) in [7, 11) is 0. The summed E-state index contributed by atoms with van der Waals surface area (Å²) < 4.78 is 0. The van der Waals surface area contributed by atoms with Gasteiger partial charge in [0.1, 0.15) is 5.52 Å². The smallest absolute Gasteiger partial charge is 0.295 e. The maximum absolute atomic E-state index is 11.1. The van der Waals surface area contributed by atoms with E-state index in [2.05, 4.69) is 31.1 Å². The van der Waals surface area contributed by atoms with Crippen LogP contribution >= 0.6 is 0 Å². The molecule has 1 N–H and O–H groups in total. The van der Waals surface area contributed by atoms with Gasteiger partial charge in [0.25, 0.3) is 5.69 Å². The standard InChI is InChI=1S/C16H21N3O2/c1-4-11(2)10-12(3)18-14-7-8-15(19(20)21)16-13(14)6-5-9-17-16/h5-9,11-12,18H,4,10H2,1-3H3. The Kier molecular flexibility index (Phi) is 4.73. The number of nitrogens with zero attached hydrogens (tertiary/aromatic N) is 2. The van der Waals surface area contributed by atoms with Crippen molar-refractivity contribution in [2.75, 3.05) is 5.32 Å². The van der Waals surface area contributed by atoms with Crippen molar-refractivity contribution < 1.29 is 4.92 Å². The molecule has 5 nitrogen and oxygen atoms in total. The van der Waals surface area contributed by atoms with Crippen LogP contribution in [0.1, 0.15) is 33.6 Å². The van der Waals surface area contributed by atoms with Crippen LogP contribution in [0, 0.1) is 16.0 Å². The normalized spacial score (nSPS) is 13.9. The number of nitro groups is 1. The summed E-state index contributed by atoms with van der Waals surface area (Å²) in [5.41, 5.74) is 1.38. The number of rotatable bonds is 6. The minimum Gasteiger partial charge on any atom is -0.382 e. The van der Waals surface area contributed by atoms with Crippen molar-refractivity contribution >= 4 is 22.3 Å². The van der Waals surface area contributed by atoms with Crippen LogP contribution < -0.4 is 5.32 Å². The van der Waals surface area contributed by atoms with Crippen molar-refractivity contribution in [1.29, 1.82) is 0 Å². The van der Waals surface area contributed by atoms with Crippen molar-refractivity contribution in [3.8, 4) is 0 Å². The Morgan fingerprint density at radius 2 is 2.10 bits per heavy atom. The van der Waals surface area contributed by atoms with E-state index in [1.807, 2.05) is 6.07 Å². The van der Waals surface area contributed by atoms with Gasteiger partial charge in [0.05, 0.1) is 4.92 Å². The summed E-state index contributed by atoms with van der Waals surface area (Å²) in [6.07, 6.45) is 3.80. The van der Waals surface area contributed by atoms with E-state index in [1.165, 1.54) is 6.07 Å². The Hall–Kier alpha value is -2.17. The molecule has 0 aliphatic heterocycles. The summed E-state index contributed by atoms with van der Waals surface area (Å²) in [4.78, 5) is 14.9. The van der Waals surface area contributed by atoms with Gasteiger partial charge in [0.2, 0.25) is 0 Å². The van der Waals surface area contributed by atoms with E-state index in [1.54, 1.807) is 18.3 Å². The molecule has 2 aromatic rings. The minimum atomic E-state index is -0.387. The molecule has 2 rings (SSSR count). The number of fused-ring (bicyclic) bond motifs is 1. The fourth-order valence-electron chi connectivity index (χ4n) is 2.53. The van der Waals surface area contributed by atoms with Crippen molar-refractivity contribution in [1.82, 2.24) is 4.98 Å².